The number of nitrogens with one attached hydrogen (secondary N) is 1. The summed E-state index contributed by atoms with van der Waals surface area (Å²) in [6.45, 7) is 6.28. The number of sulfonamides is 1. The summed E-state index contributed by atoms with van der Waals surface area (Å²) in [4.78, 5) is 24.5. The summed E-state index contributed by atoms with van der Waals surface area (Å²) in [7, 11) is -3.68. The van der Waals surface area contributed by atoms with E-state index in [2.05, 4.69) is 24.5 Å². The first kappa shape index (κ1) is 21.2. The third-order valence-corrected chi connectivity index (χ3v) is 6.39. The normalized spacial score (nSPS) is 15.4. The average Bonchev–Trinajstić information content (AvgIpc) is 2.72. The van der Waals surface area contributed by atoms with Gasteiger partial charge in [0.25, 0.3) is 0 Å². The molecule has 1 aliphatic heterocycles. The van der Waals surface area contributed by atoms with Crippen molar-refractivity contribution in [3.05, 3.63) is 47.8 Å². The van der Waals surface area contributed by atoms with Crippen LogP contribution in [0.4, 0.5) is 5.95 Å². The third kappa shape index (κ3) is 5.49. The Balaban J connectivity index is 1.45. The van der Waals surface area contributed by atoms with Crippen molar-refractivity contribution < 1.29 is 13.2 Å². The fraction of sp³-hybridized carbons (Fsp3) is 0.421. The van der Waals surface area contributed by atoms with Crippen LogP contribution in [0.1, 0.15) is 22.3 Å². The Morgan fingerprint density at radius 2 is 1.86 bits per heavy atom. The fourth-order valence-corrected chi connectivity index (χ4v) is 4.35. The molecule has 1 amide bonds. The van der Waals surface area contributed by atoms with Gasteiger partial charge < -0.3 is 10.6 Å². The first-order chi connectivity index (χ1) is 13.9. The van der Waals surface area contributed by atoms with Crippen molar-refractivity contribution in [2.24, 2.45) is 5.73 Å². The fourth-order valence-electron chi connectivity index (χ4n) is 3.25. The number of nitrogens with two attached hydrogens (primary N) is 1. The lowest BCUT2D eigenvalue weighted by Crippen LogP contribution is -2.47. The molecule has 2 aromatic rings. The van der Waals surface area contributed by atoms with Gasteiger partial charge in [0.2, 0.25) is 21.9 Å². The summed E-state index contributed by atoms with van der Waals surface area (Å²) in [5.74, 6) is 0.105. The van der Waals surface area contributed by atoms with Crippen molar-refractivity contribution >= 4 is 21.9 Å². The van der Waals surface area contributed by atoms with Gasteiger partial charge in [0, 0.05) is 50.7 Å². The van der Waals surface area contributed by atoms with Gasteiger partial charge in [-0.25, -0.2) is 23.1 Å². The van der Waals surface area contributed by atoms with E-state index < -0.39 is 15.9 Å². The van der Waals surface area contributed by atoms with Gasteiger partial charge in [0.15, 0.2) is 0 Å². The summed E-state index contributed by atoms with van der Waals surface area (Å²) in [6, 6.07) is 6.19. The molecule has 0 aliphatic carbocycles. The van der Waals surface area contributed by atoms with E-state index in [0.717, 1.165) is 38.7 Å². The number of rotatable bonds is 8. The molecule has 10 heteroatoms. The lowest BCUT2D eigenvalue weighted by molar-refractivity contribution is 0.0999. The highest BCUT2D eigenvalue weighted by Crippen LogP contribution is 2.15. The number of carbonyl (C=O) groups excluding carboxylic acids is 1. The van der Waals surface area contributed by atoms with Gasteiger partial charge in [0.1, 0.15) is 0 Å². The van der Waals surface area contributed by atoms with Crippen molar-refractivity contribution in [1.29, 1.82) is 0 Å². The number of piperazine rings is 1. The summed E-state index contributed by atoms with van der Waals surface area (Å²) >= 11 is 0. The van der Waals surface area contributed by atoms with E-state index >= 15 is 0 Å². The summed E-state index contributed by atoms with van der Waals surface area (Å²) in [6.07, 6.45) is 4.16. The van der Waals surface area contributed by atoms with Crippen LogP contribution in [-0.2, 0) is 10.0 Å². The first-order valence-corrected chi connectivity index (χ1v) is 11.0. The Morgan fingerprint density at radius 1 is 1.17 bits per heavy atom. The molecule has 0 atom stereocenters. The molecule has 2 heterocycles. The maximum absolute atomic E-state index is 12.5. The molecular formula is C19H26N6O3S. The number of hydrogen-bond donors (Lipinski definition) is 2. The molecule has 3 N–H and O–H groups in total. The third-order valence-electron chi connectivity index (χ3n) is 4.94. The minimum atomic E-state index is -3.68. The lowest BCUT2D eigenvalue weighted by Gasteiger charge is -2.34. The maximum atomic E-state index is 12.5. The SMILES string of the molecule is Cc1ccc(S(=O)(=O)NCCCN2CCN(c3ncccn3)CC2)cc1C(N)=O. The second-order valence-electron chi connectivity index (χ2n) is 6.97. The van der Waals surface area contributed by atoms with Crippen LogP contribution in [0.2, 0.25) is 0 Å². The van der Waals surface area contributed by atoms with Crippen LogP contribution >= 0.6 is 0 Å². The molecular weight excluding hydrogens is 392 g/mol. The molecule has 29 heavy (non-hydrogen) atoms. The minimum absolute atomic E-state index is 0.0494. The highest BCUT2D eigenvalue weighted by molar-refractivity contribution is 7.89. The van der Waals surface area contributed by atoms with E-state index in [9.17, 15) is 13.2 Å². The molecule has 3 rings (SSSR count). The standard InChI is InChI=1S/C19H26N6O3S/c1-15-4-5-16(14-17(15)18(20)26)29(27,28)23-8-3-9-24-10-12-25(13-11-24)19-21-6-2-7-22-19/h2,4-7,14,23H,3,8-13H2,1H3,(H2,20,26). The second-order valence-corrected chi connectivity index (χ2v) is 8.74. The minimum Gasteiger partial charge on any atom is -0.366 e. The molecule has 0 spiro atoms. The van der Waals surface area contributed by atoms with Gasteiger partial charge in [-0.15, -0.1) is 0 Å². The first-order valence-electron chi connectivity index (χ1n) is 9.51. The van der Waals surface area contributed by atoms with Crippen molar-refractivity contribution in [1.82, 2.24) is 19.6 Å². The smallest absolute Gasteiger partial charge is 0.249 e. The molecule has 1 aromatic carbocycles. The average molecular weight is 419 g/mol. The highest BCUT2D eigenvalue weighted by Gasteiger charge is 2.19. The van der Waals surface area contributed by atoms with E-state index in [4.69, 9.17) is 5.73 Å². The zero-order valence-corrected chi connectivity index (χ0v) is 17.2. The second kappa shape index (κ2) is 9.29. The van der Waals surface area contributed by atoms with E-state index in [1.807, 2.05) is 0 Å². The van der Waals surface area contributed by atoms with Crippen LogP contribution in [0, 0.1) is 6.92 Å². The van der Waals surface area contributed by atoms with E-state index in [-0.39, 0.29) is 10.5 Å². The summed E-state index contributed by atoms with van der Waals surface area (Å²) in [5.41, 5.74) is 6.17. The number of aryl methyl sites for hydroxylation is 1. The number of hydrogen-bond acceptors (Lipinski definition) is 7. The molecule has 156 valence electrons. The predicted molar refractivity (Wildman–Crippen MR) is 110 cm³/mol. The molecule has 1 aromatic heterocycles. The Hall–Kier alpha value is -2.56. The van der Waals surface area contributed by atoms with Gasteiger partial charge in [-0.2, -0.15) is 0 Å². The van der Waals surface area contributed by atoms with E-state index in [1.165, 1.54) is 12.1 Å². The van der Waals surface area contributed by atoms with Crippen LogP contribution in [0.3, 0.4) is 0 Å². The van der Waals surface area contributed by atoms with E-state index in [1.54, 1.807) is 31.5 Å². The summed E-state index contributed by atoms with van der Waals surface area (Å²) < 4.78 is 27.5. The van der Waals surface area contributed by atoms with Crippen molar-refractivity contribution in [2.75, 3.05) is 44.2 Å². The van der Waals surface area contributed by atoms with Gasteiger partial charge in [0.05, 0.1) is 4.90 Å². The number of primary amides is 1. The maximum Gasteiger partial charge on any atom is 0.249 e. The number of amides is 1. The van der Waals surface area contributed by atoms with Crippen molar-refractivity contribution in [3.8, 4) is 0 Å². The molecule has 9 nitrogen and oxygen atoms in total. The van der Waals surface area contributed by atoms with Gasteiger partial charge in [-0.1, -0.05) is 6.07 Å². The van der Waals surface area contributed by atoms with Crippen molar-refractivity contribution in [2.45, 2.75) is 18.2 Å². The zero-order chi connectivity index (χ0) is 20.9. The zero-order valence-electron chi connectivity index (χ0n) is 16.4. The predicted octanol–water partition coefficient (Wildman–Crippen LogP) is 0.375. The number of anilines is 1. The molecule has 0 radical (unpaired) electrons. The van der Waals surface area contributed by atoms with Crippen LogP contribution < -0.4 is 15.4 Å². The number of aromatic nitrogens is 2. The monoisotopic (exact) mass is 418 g/mol. The van der Waals surface area contributed by atoms with Gasteiger partial charge in [-0.05, 0) is 43.7 Å². The number of nitrogens with zero attached hydrogens (tertiary/aromatic N) is 4. The van der Waals surface area contributed by atoms with E-state index in [0.29, 0.717) is 18.5 Å². The largest absolute Gasteiger partial charge is 0.366 e. The Kier molecular flexibility index (Phi) is 6.78. The topological polar surface area (TPSA) is 122 Å². The van der Waals surface area contributed by atoms with Crippen LogP contribution in [-0.4, -0.2) is 68.5 Å². The number of benzene rings is 1. The lowest BCUT2D eigenvalue weighted by atomic mass is 10.1. The quantitative estimate of drug-likeness (QED) is 0.594. The molecule has 1 fully saturated rings. The van der Waals surface area contributed by atoms with Gasteiger partial charge >= 0.3 is 0 Å². The van der Waals surface area contributed by atoms with Crippen molar-refractivity contribution in [3.63, 3.8) is 0 Å². The Morgan fingerprint density at radius 3 is 2.52 bits per heavy atom. The van der Waals surface area contributed by atoms with Crippen LogP contribution in [0.25, 0.3) is 0 Å². The molecule has 0 saturated carbocycles. The highest BCUT2D eigenvalue weighted by atomic mass is 32.2. The number of carbonyl (C=O) groups is 1. The molecule has 0 bridgehead atoms. The van der Waals surface area contributed by atoms with Gasteiger partial charge in [-0.3, -0.25) is 9.69 Å². The Bertz CT molecular complexity index is 944. The molecule has 1 aliphatic rings. The molecule has 0 unspecified atom stereocenters. The van der Waals surface area contributed by atoms with Crippen LogP contribution in [0.5, 0.6) is 0 Å². The summed E-state index contributed by atoms with van der Waals surface area (Å²) in [5, 5.41) is 0. The molecule has 1 saturated heterocycles. The van der Waals surface area contributed by atoms with Crippen LogP contribution in [0.15, 0.2) is 41.6 Å². The Labute approximate surface area is 171 Å².